The molecule has 0 aliphatic rings. The SMILES string of the molecule is CN(CCCCBr)Cc1ccco1. The number of hydrogen-bond donors (Lipinski definition) is 0. The molecule has 1 rings (SSSR count). The molecule has 0 aromatic carbocycles. The first-order valence-electron chi connectivity index (χ1n) is 4.60. The smallest absolute Gasteiger partial charge is 0.117 e. The Morgan fingerprint density at radius 2 is 2.31 bits per heavy atom. The van der Waals surface area contributed by atoms with E-state index in [1.165, 1.54) is 12.8 Å². The molecule has 0 aliphatic carbocycles. The number of halogens is 1. The largest absolute Gasteiger partial charge is 0.468 e. The summed E-state index contributed by atoms with van der Waals surface area (Å²) in [6.07, 6.45) is 4.20. The van der Waals surface area contributed by atoms with Crippen molar-refractivity contribution in [2.24, 2.45) is 0 Å². The van der Waals surface area contributed by atoms with Crippen molar-refractivity contribution in [2.45, 2.75) is 19.4 Å². The van der Waals surface area contributed by atoms with E-state index in [-0.39, 0.29) is 0 Å². The number of furan rings is 1. The van der Waals surface area contributed by atoms with Crippen LogP contribution in [0.25, 0.3) is 0 Å². The Labute approximate surface area is 88.0 Å². The van der Waals surface area contributed by atoms with E-state index in [0.29, 0.717) is 0 Å². The van der Waals surface area contributed by atoms with Gasteiger partial charge in [-0.1, -0.05) is 15.9 Å². The molecule has 1 aromatic rings. The van der Waals surface area contributed by atoms with Crippen LogP contribution in [0.1, 0.15) is 18.6 Å². The second-order valence-corrected chi connectivity index (χ2v) is 4.01. The molecule has 0 amide bonds. The van der Waals surface area contributed by atoms with E-state index in [4.69, 9.17) is 4.42 Å². The molecule has 0 N–H and O–H groups in total. The molecule has 0 saturated heterocycles. The molecule has 0 saturated carbocycles. The van der Waals surface area contributed by atoms with Gasteiger partial charge in [0.2, 0.25) is 0 Å². The van der Waals surface area contributed by atoms with Gasteiger partial charge in [0, 0.05) is 5.33 Å². The summed E-state index contributed by atoms with van der Waals surface area (Å²) in [7, 11) is 2.12. The molecule has 0 atom stereocenters. The Morgan fingerprint density at radius 1 is 1.46 bits per heavy atom. The van der Waals surface area contributed by atoms with Crippen LogP contribution in [0.2, 0.25) is 0 Å². The lowest BCUT2D eigenvalue weighted by Gasteiger charge is -2.13. The van der Waals surface area contributed by atoms with Gasteiger partial charge < -0.3 is 4.42 Å². The minimum atomic E-state index is 0.912. The lowest BCUT2D eigenvalue weighted by molar-refractivity contribution is 0.291. The van der Waals surface area contributed by atoms with Crippen LogP contribution >= 0.6 is 15.9 Å². The van der Waals surface area contributed by atoms with Gasteiger partial charge in [-0.2, -0.15) is 0 Å². The number of alkyl halides is 1. The van der Waals surface area contributed by atoms with Gasteiger partial charge in [0.05, 0.1) is 12.8 Å². The summed E-state index contributed by atoms with van der Waals surface area (Å²) in [4.78, 5) is 2.28. The van der Waals surface area contributed by atoms with Crippen LogP contribution in [0.3, 0.4) is 0 Å². The first-order valence-corrected chi connectivity index (χ1v) is 5.72. The lowest BCUT2D eigenvalue weighted by Crippen LogP contribution is -2.18. The Kier molecular flexibility index (Phi) is 5.16. The highest BCUT2D eigenvalue weighted by Gasteiger charge is 2.01. The van der Waals surface area contributed by atoms with E-state index in [1.54, 1.807) is 6.26 Å². The van der Waals surface area contributed by atoms with Crippen LogP contribution in [-0.4, -0.2) is 23.8 Å². The molecule has 3 heteroatoms. The van der Waals surface area contributed by atoms with Crippen LogP contribution in [0.15, 0.2) is 22.8 Å². The summed E-state index contributed by atoms with van der Waals surface area (Å²) in [5, 5.41) is 1.10. The van der Waals surface area contributed by atoms with Crippen molar-refractivity contribution in [3.63, 3.8) is 0 Å². The van der Waals surface area contributed by atoms with Gasteiger partial charge in [-0.05, 0) is 38.6 Å². The second-order valence-electron chi connectivity index (χ2n) is 3.21. The Balaban J connectivity index is 2.14. The number of unbranched alkanes of at least 4 members (excludes halogenated alkanes) is 1. The van der Waals surface area contributed by atoms with E-state index >= 15 is 0 Å². The summed E-state index contributed by atoms with van der Waals surface area (Å²) >= 11 is 3.42. The fraction of sp³-hybridized carbons (Fsp3) is 0.600. The van der Waals surface area contributed by atoms with Gasteiger partial charge >= 0.3 is 0 Å². The van der Waals surface area contributed by atoms with Crippen molar-refractivity contribution < 1.29 is 4.42 Å². The van der Waals surface area contributed by atoms with Crippen molar-refractivity contribution >= 4 is 15.9 Å². The molecule has 74 valence electrons. The van der Waals surface area contributed by atoms with E-state index in [9.17, 15) is 0 Å². The van der Waals surface area contributed by atoms with E-state index in [1.807, 2.05) is 12.1 Å². The zero-order valence-electron chi connectivity index (χ0n) is 8.00. The van der Waals surface area contributed by atoms with Crippen molar-refractivity contribution in [3.8, 4) is 0 Å². The van der Waals surface area contributed by atoms with Crippen molar-refractivity contribution in [3.05, 3.63) is 24.2 Å². The molecule has 0 unspecified atom stereocenters. The van der Waals surface area contributed by atoms with Gasteiger partial charge in [0.25, 0.3) is 0 Å². The molecular formula is C10H16BrNO. The second kappa shape index (κ2) is 6.22. The fourth-order valence-corrected chi connectivity index (χ4v) is 1.62. The zero-order chi connectivity index (χ0) is 9.52. The number of hydrogen-bond acceptors (Lipinski definition) is 2. The third-order valence-electron chi connectivity index (χ3n) is 1.93. The van der Waals surface area contributed by atoms with Gasteiger partial charge in [0.15, 0.2) is 0 Å². The average molecular weight is 246 g/mol. The molecule has 1 heterocycles. The van der Waals surface area contributed by atoms with Gasteiger partial charge in [-0.3, -0.25) is 4.90 Å². The molecule has 0 bridgehead atoms. The first-order chi connectivity index (χ1) is 6.33. The monoisotopic (exact) mass is 245 g/mol. The van der Waals surface area contributed by atoms with Crippen LogP contribution in [0.4, 0.5) is 0 Å². The molecule has 0 fully saturated rings. The third-order valence-corrected chi connectivity index (χ3v) is 2.49. The van der Waals surface area contributed by atoms with E-state index in [0.717, 1.165) is 24.2 Å². The highest BCUT2D eigenvalue weighted by atomic mass is 79.9. The predicted molar refractivity (Wildman–Crippen MR) is 58.1 cm³/mol. The van der Waals surface area contributed by atoms with Crippen LogP contribution < -0.4 is 0 Å². The summed E-state index contributed by atoms with van der Waals surface area (Å²) in [6, 6.07) is 3.95. The Bertz CT molecular complexity index is 211. The highest BCUT2D eigenvalue weighted by molar-refractivity contribution is 9.09. The highest BCUT2D eigenvalue weighted by Crippen LogP contribution is 2.04. The fourth-order valence-electron chi connectivity index (χ4n) is 1.22. The van der Waals surface area contributed by atoms with Crippen LogP contribution in [-0.2, 0) is 6.54 Å². The molecule has 0 spiro atoms. The quantitative estimate of drug-likeness (QED) is 0.566. The maximum Gasteiger partial charge on any atom is 0.117 e. The molecule has 2 nitrogen and oxygen atoms in total. The maximum atomic E-state index is 5.26. The average Bonchev–Trinajstić information content (AvgIpc) is 2.57. The van der Waals surface area contributed by atoms with E-state index < -0.39 is 0 Å². The molecular weight excluding hydrogens is 230 g/mol. The van der Waals surface area contributed by atoms with Crippen molar-refractivity contribution in [1.82, 2.24) is 4.90 Å². The van der Waals surface area contributed by atoms with Crippen LogP contribution in [0, 0.1) is 0 Å². The van der Waals surface area contributed by atoms with E-state index in [2.05, 4.69) is 27.9 Å². The summed E-state index contributed by atoms with van der Waals surface area (Å²) in [6.45, 7) is 2.04. The Hall–Kier alpha value is -0.280. The zero-order valence-corrected chi connectivity index (χ0v) is 9.59. The first kappa shape index (κ1) is 10.8. The summed E-state index contributed by atoms with van der Waals surface area (Å²) in [5.41, 5.74) is 0. The van der Waals surface area contributed by atoms with Crippen molar-refractivity contribution in [1.29, 1.82) is 0 Å². The molecule has 1 aromatic heterocycles. The normalized spacial score (nSPS) is 11.0. The van der Waals surface area contributed by atoms with Gasteiger partial charge in [-0.25, -0.2) is 0 Å². The molecule has 13 heavy (non-hydrogen) atoms. The minimum absolute atomic E-state index is 0.912. The van der Waals surface area contributed by atoms with Gasteiger partial charge in [-0.15, -0.1) is 0 Å². The van der Waals surface area contributed by atoms with Crippen LogP contribution in [0.5, 0.6) is 0 Å². The summed E-state index contributed by atoms with van der Waals surface area (Å²) < 4.78 is 5.26. The van der Waals surface area contributed by atoms with Crippen molar-refractivity contribution in [2.75, 3.05) is 18.9 Å². The number of rotatable bonds is 6. The number of nitrogens with zero attached hydrogens (tertiary/aromatic N) is 1. The summed E-state index contributed by atoms with van der Waals surface area (Å²) in [5.74, 6) is 1.04. The lowest BCUT2D eigenvalue weighted by atomic mass is 10.3. The topological polar surface area (TPSA) is 16.4 Å². The maximum absolute atomic E-state index is 5.26. The predicted octanol–water partition coefficient (Wildman–Crippen LogP) is 2.89. The third kappa shape index (κ3) is 4.48. The molecule has 0 aliphatic heterocycles. The van der Waals surface area contributed by atoms with Gasteiger partial charge in [0.1, 0.15) is 5.76 Å². The standard InChI is InChI=1S/C10H16BrNO/c1-12(7-3-2-6-11)9-10-5-4-8-13-10/h4-5,8H,2-3,6-7,9H2,1H3. The Morgan fingerprint density at radius 3 is 2.92 bits per heavy atom. The minimum Gasteiger partial charge on any atom is -0.468 e. The molecule has 0 radical (unpaired) electrons.